The van der Waals surface area contributed by atoms with E-state index in [1.807, 2.05) is 13.0 Å². The zero-order chi connectivity index (χ0) is 16.4. The number of hydrogen-bond donors (Lipinski definition) is 1. The number of rotatable bonds is 4. The number of carboxylic acids is 1. The van der Waals surface area contributed by atoms with Crippen molar-refractivity contribution < 1.29 is 24.2 Å². The van der Waals surface area contributed by atoms with Crippen LogP contribution < -0.4 is 4.74 Å². The quantitative estimate of drug-likeness (QED) is 0.913. The second-order valence-electron chi connectivity index (χ2n) is 6.10. The molecule has 1 amide bonds. The van der Waals surface area contributed by atoms with Gasteiger partial charge in [-0.25, -0.2) is 0 Å². The van der Waals surface area contributed by atoms with E-state index in [-0.39, 0.29) is 18.4 Å². The summed E-state index contributed by atoms with van der Waals surface area (Å²) in [4.78, 5) is 26.3. The summed E-state index contributed by atoms with van der Waals surface area (Å²) >= 11 is 0. The molecule has 2 aliphatic heterocycles. The fraction of sp³-hybridized carbons (Fsp3) is 0.529. The van der Waals surface area contributed by atoms with E-state index in [0.29, 0.717) is 44.1 Å². The van der Waals surface area contributed by atoms with Crippen LogP contribution in [0.3, 0.4) is 0 Å². The average molecular weight is 319 g/mol. The molecule has 2 heterocycles. The first kappa shape index (κ1) is 15.8. The van der Waals surface area contributed by atoms with Crippen LogP contribution in [0.5, 0.6) is 5.75 Å². The van der Waals surface area contributed by atoms with Gasteiger partial charge in [-0.1, -0.05) is 12.1 Å². The molecule has 0 radical (unpaired) electrons. The van der Waals surface area contributed by atoms with E-state index < -0.39 is 11.4 Å². The third-order valence-electron chi connectivity index (χ3n) is 4.84. The van der Waals surface area contributed by atoms with E-state index >= 15 is 0 Å². The first-order valence-electron chi connectivity index (χ1n) is 7.90. The maximum atomic E-state index is 12.9. The Morgan fingerprint density at radius 3 is 2.91 bits per heavy atom. The minimum Gasteiger partial charge on any atom is -0.493 e. The predicted octanol–water partition coefficient (Wildman–Crippen LogP) is 1.65. The van der Waals surface area contributed by atoms with Gasteiger partial charge in [0.1, 0.15) is 5.75 Å². The number of aliphatic carboxylic acids is 1. The van der Waals surface area contributed by atoms with Crippen LogP contribution in [0.4, 0.5) is 0 Å². The second kappa shape index (κ2) is 6.20. The number of hydrogen-bond acceptors (Lipinski definition) is 4. The Hall–Kier alpha value is -2.08. The van der Waals surface area contributed by atoms with Crippen LogP contribution in [0, 0.1) is 11.3 Å². The van der Waals surface area contributed by atoms with E-state index in [9.17, 15) is 14.7 Å². The molecule has 3 rings (SSSR count). The highest BCUT2D eigenvalue weighted by molar-refractivity contribution is 5.97. The van der Waals surface area contributed by atoms with Crippen LogP contribution in [0.25, 0.3) is 0 Å². The second-order valence-corrected chi connectivity index (χ2v) is 6.10. The van der Waals surface area contributed by atoms with Gasteiger partial charge < -0.3 is 19.5 Å². The molecule has 0 aliphatic carbocycles. The lowest BCUT2D eigenvalue weighted by Crippen LogP contribution is -2.45. The van der Waals surface area contributed by atoms with Crippen LogP contribution in [-0.4, -0.2) is 54.8 Å². The first-order chi connectivity index (χ1) is 11.1. The number of benzene rings is 1. The fourth-order valence-electron chi connectivity index (χ4n) is 3.55. The number of ether oxygens (including phenoxy) is 2. The monoisotopic (exact) mass is 319 g/mol. The summed E-state index contributed by atoms with van der Waals surface area (Å²) in [6.07, 6.45) is 0.448. The summed E-state index contributed by atoms with van der Waals surface area (Å²) < 4.78 is 10.9. The van der Waals surface area contributed by atoms with Crippen LogP contribution in [0.2, 0.25) is 0 Å². The third kappa shape index (κ3) is 2.67. The van der Waals surface area contributed by atoms with Gasteiger partial charge in [-0.05, 0) is 25.5 Å². The van der Waals surface area contributed by atoms with Crippen molar-refractivity contribution in [3.63, 3.8) is 0 Å². The SMILES string of the molecule is CCOc1ccccc1C(=O)N1C[C@H]2COCC[C@@]2(C(=O)O)C1. The predicted molar refractivity (Wildman–Crippen MR) is 82.5 cm³/mol. The van der Waals surface area contributed by atoms with Gasteiger partial charge in [0.15, 0.2) is 0 Å². The average Bonchev–Trinajstić information content (AvgIpc) is 2.96. The zero-order valence-electron chi connectivity index (χ0n) is 13.2. The van der Waals surface area contributed by atoms with Crippen molar-refractivity contribution in [2.75, 3.05) is 32.9 Å². The lowest BCUT2D eigenvalue weighted by atomic mass is 9.74. The Balaban J connectivity index is 1.86. The van der Waals surface area contributed by atoms with Crippen LogP contribution >= 0.6 is 0 Å². The number of carbonyl (C=O) groups is 2. The standard InChI is InChI=1S/C17H21NO5/c1-2-23-14-6-4-3-5-13(14)15(19)18-9-12-10-22-8-7-17(12,11-18)16(20)21/h3-6,12H,2,7-11H2,1H3,(H,20,21)/t12-,17+/m0/s1. The molecule has 0 aromatic heterocycles. The molecule has 1 aromatic rings. The Labute approximate surface area is 135 Å². The molecule has 2 atom stereocenters. The molecule has 0 spiro atoms. The fourth-order valence-corrected chi connectivity index (χ4v) is 3.55. The van der Waals surface area contributed by atoms with Gasteiger partial charge in [-0.15, -0.1) is 0 Å². The molecule has 2 saturated heterocycles. The van der Waals surface area contributed by atoms with Crippen molar-refractivity contribution >= 4 is 11.9 Å². The van der Waals surface area contributed by atoms with E-state index in [1.54, 1.807) is 23.1 Å². The smallest absolute Gasteiger partial charge is 0.311 e. The number of carbonyl (C=O) groups excluding carboxylic acids is 1. The minimum atomic E-state index is -0.880. The summed E-state index contributed by atoms with van der Waals surface area (Å²) in [5, 5.41) is 9.69. The Kier molecular flexibility index (Phi) is 4.26. The van der Waals surface area contributed by atoms with Crippen molar-refractivity contribution in [1.29, 1.82) is 0 Å². The van der Waals surface area contributed by atoms with Gasteiger partial charge in [0.05, 0.1) is 24.2 Å². The lowest BCUT2D eigenvalue weighted by Gasteiger charge is -2.33. The topological polar surface area (TPSA) is 76.1 Å². The molecule has 2 fully saturated rings. The van der Waals surface area contributed by atoms with Gasteiger partial charge in [-0.2, -0.15) is 0 Å². The summed E-state index contributed by atoms with van der Waals surface area (Å²) in [5.41, 5.74) is -0.400. The molecule has 2 aliphatic rings. The highest BCUT2D eigenvalue weighted by Gasteiger charge is 2.55. The molecule has 23 heavy (non-hydrogen) atoms. The molecule has 1 N–H and O–H groups in total. The summed E-state index contributed by atoms with van der Waals surface area (Å²) in [6.45, 7) is 3.80. The highest BCUT2D eigenvalue weighted by atomic mass is 16.5. The number of para-hydroxylation sites is 1. The molecular formula is C17H21NO5. The van der Waals surface area contributed by atoms with Crippen molar-refractivity contribution in [3.8, 4) is 5.75 Å². The molecule has 0 saturated carbocycles. The molecule has 6 heteroatoms. The largest absolute Gasteiger partial charge is 0.493 e. The number of carboxylic acid groups (broad SMARTS) is 1. The highest BCUT2D eigenvalue weighted by Crippen LogP contribution is 2.43. The van der Waals surface area contributed by atoms with Crippen molar-refractivity contribution in [2.45, 2.75) is 13.3 Å². The number of nitrogens with zero attached hydrogens (tertiary/aromatic N) is 1. The van der Waals surface area contributed by atoms with Crippen LogP contribution in [0.15, 0.2) is 24.3 Å². The molecule has 1 aromatic carbocycles. The molecule has 6 nitrogen and oxygen atoms in total. The van der Waals surface area contributed by atoms with Crippen molar-refractivity contribution in [2.24, 2.45) is 11.3 Å². The van der Waals surface area contributed by atoms with Gasteiger partial charge in [-0.3, -0.25) is 9.59 Å². The number of fused-ring (bicyclic) bond motifs is 1. The normalized spacial score (nSPS) is 26.7. The van der Waals surface area contributed by atoms with Gasteiger partial charge in [0.25, 0.3) is 5.91 Å². The van der Waals surface area contributed by atoms with Crippen LogP contribution in [0.1, 0.15) is 23.7 Å². The van der Waals surface area contributed by atoms with E-state index in [0.717, 1.165) is 0 Å². The Morgan fingerprint density at radius 1 is 1.43 bits per heavy atom. The minimum absolute atomic E-state index is 0.156. The zero-order valence-corrected chi connectivity index (χ0v) is 13.2. The van der Waals surface area contributed by atoms with Crippen molar-refractivity contribution in [3.05, 3.63) is 29.8 Å². The van der Waals surface area contributed by atoms with E-state index in [1.165, 1.54) is 0 Å². The molecule has 0 unspecified atom stereocenters. The van der Waals surface area contributed by atoms with Gasteiger partial charge in [0.2, 0.25) is 0 Å². The van der Waals surface area contributed by atoms with Gasteiger partial charge >= 0.3 is 5.97 Å². The third-order valence-corrected chi connectivity index (χ3v) is 4.84. The number of likely N-dealkylation sites (tertiary alicyclic amines) is 1. The molecular weight excluding hydrogens is 298 g/mol. The Morgan fingerprint density at radius 2 is 2.22 bits per heavy atom. The van der Waals surface area contributed by atoms with Crippen molar-refractivity contribution in [1.82, 2.24) is 4.90 Å². The maximum absolute atomic E-state index is 12.9. The summed E-state index contributed by atoms with van der Waals surface area (Å²) in [6, 6.07) is 7.09. The number of amides is 1. The summed E-state index contributed by atoms with van der Waals surface area (Å²) in [5.74, 6) is -0.629. The molecule has 0 bridgehead atoms. The molecule has 124 valence electrons. The summed E-state index contributed by atoms with van der Waals surface area (Å²) in [7, 11) is 0. The van der Waals surface area contributed by atoms with Gasteiger partial charge in [0, 0.05) is 25.6 Å². The Bertz CT molecular complexity index is 617. The van der Waals surface area contributed by atoms with E-state index in [2.05, 4.69) is 0 Å². The first-order valence-corrected chi connectivity index (χ1v) is 7.90. The van der Waals surface area contributed by atoms with E-state index in [4.69, 9.17) is 9.47 Å². The van der Waals surface area contributed by atoms with Crippen LogP contribution in [-0.2, 0) is 9.53 Å². The maximum Gasteiger partial charge on any atom is 0.311 e. The lowest BCUT2D eigenvalue weighted by molar-refractivity contribution is -0.157.